The van der Waals surface area contributed by atoms with Gasteiger partial charge >= 0.3 is 0 Å². The fourth-order valence-electron chi connectivity index (χ4n) is 4.85. The zero-order valence-electron chi connectivity index (χ0n) is 20.0. The lowest BCUT2D eigenvalue weighted by Gasteiger charge is -2.46. The van der Waals surface area contributed by atoms with E-state index in [1.165, 1.54) is 22.5 Å². The monoisotopic (exact) mass is 475 g/mol. The summed E-state index contributed by atoms with van der Waals surface area (Å²) in [5.74, 6) is 1.90. The molecule has 0 fully saturated rings. The molecule has 3 heterocycles. The number of Topliss-reactive ketones (excluding diaryl/α,β-unsaturated/α-hetero) is 1. The van der Waals surface area contributed by atoms with Crippen LogP contribution in [0.3, 0.4) is 0 Å². The summed E-state index contributed by atoms with van der Waals surface area (Å²) in [6.07, 6.45) is 0.788. The minimum Gasteiger partial charge on any atom is -0.490 e. The van der Waals surface area contributed by atoms with E-state index in [0.29, 0.717) is 36.2 Å². The molecule has 3 aromatic rings. The highest BCUT2D eigenvalue weighted by Crippen LogP contribution is 2.48. The number of carbonyl (C=O) groups excluding carboxylic acids is 1. The Morgan fingerprint density at radius 1 is 1.09 bits per heavy atom. The second kappa shape index (κ2) is 8.80. The van der Waals surface area contributed by atoms with Crippen LogP contribution in [0.5, 0.6) is 11.5 Å². The van der Waals surface area contributed by atoms with Crippen LogP contribution in [0.15, 0.2) is 59.0 Å². The van der Waals surface area contributed by atoms with Gasteiger partial charge in [0.2, 0.25) is 11.6 Å². The molecule has 0 bridgehead atoms. The molecule has 0 amide bonds. The Hall–Kier alpha value is -3.32. The predicted octanol–water partition coefficient (Wildman–Crippen LogP) is 5.60. The summed E-state index contributed by atoms with van der Waals surface area (Å²) in [7, 11) is 0. The summed E-state index contributed by atoms with van der Waals surface area (Å²) in [4.78, 5) is 16.4. The largest absolute Gasteiger partial charge is 0.490 e. The molecule has 176 valence electrons. The number of anilines is 1. The first kappa shape index (κ1) is 22.5. The number of fused-ring (bicyclic) bond motifs is 3. The number of benzene rings is 2. The van der Waals surface area contributed by atoms with Gasteiger partial charge in [0.05, 0.1) is 23.8 Å². The summed E-state index contributed by atoms with van der Waals surface area (Å²) in [6, 6.07) is 16.2. The van der Waals surface area contributed by atoms with E-state index < -0.39 is 5.66 Å². The van der Waals surface area contributed by atoms with Crippen LogP contribution in [-0.2, 0) is 12.1 Å². The van der Waals surface area contributed by atoms with Crippen LogP contribution >= 0.6 is 11.3 Å². The van der Waals surface area contributed by atoms with E-state index in [2.05, 4.69) is 55.1 Å². The first-order valence-electron chi connectivity index (χ1n) is 11.7. The van der Waals surface area contributed by atoms with Crippen molar-refractivity contribution in [3.05, 3.63) is 75.5 Å². The molecule has 0 spiro atoms. The standard InChI is InChI=1S/C27H29N3O3S/c1-5-32-22-16-19-13-14-29-26(25(31)24-8-7-15-34-24)28-30(20-11-9-18(3)10-12-20)27(29,4)21(19)17-23(22)33-6-2/h7-12,15-17H,5-6,13-14H2,1-4H3/t27-/m1/s1. The molecule has 1 aromatic heterocycles. The third kappa shape index (κ3) is 3.55. The Labute approximate surface area is 204 Å². The third-order valence-corrected chi connectivity index (χ3v) is 7.37. The molecule has 0 saturated heterocycles. The zero-order valence-corrected chi connectivity index (χ0v) is 20.8. The van der Waals surface area contributed by atoms with E-state index in [9.17, 15) is 4.79 Å². The molecule has 0 N–H and O–H groups in total. The summed E-state index contributed by atoms with van der Waals surface area (Å²) >= 11 is 1.45. The van der Waals surface area contributed by atoms with Crippen molar-refractivity contribution in [2.75, 3.05) is 24.8 Å². The Bertz CT molecular complexity index is 1240. The van der Waals surface area contributed by atoms with Crippen molar-refractivity contribution in [3.63, 3.8) is 0 Å². The minimum absolute atomic E-state index is 0.0461. The van der Waals surface area contributed by atoms with Gasteiger partial charge in [0, 0.05) is 12.1 Å². The first-order valence-corrected chi connectivity index (χ1v) is 12.6. The number of hydrazone groups is 1. The zero-order chi connectivity index (χ0) is 23.9. The lowest BCUT2D eigenvalue weighted by Crippen LogP contribution is -2.55. The molecule has 1 atom stereocenters. The first-order chi connectivity index (χ1) is 16.5. The van der Waals surface area contributed by atoms with E-state index in [-0.39, 0.29) is 5.78 Å². The van der Waals surface area contributed by atoms with E-state index in [0.717, 1.165) is 23.4 Å². The number of thiophene rings is 1. The average molecular weight is 476 g/mol. The molecule has 6 nitrogen and oxygen atoms in total. The summed E-state index contributed by atoms with van der Waals surface area (Å²) < 4.78 is 11.9. The number of carbonyl (C=O) groups is 1. The lowest BCUT2D eigenvalue weighted by atomic mass is 9.87. The summed E-state index contributed by atoms with van der Waals surface area (Å²) in [5.41, 5.74) is 3.69. The van der Waals surface area contributed by atoms with Crippen LogP contribution in [-0.4, -0.2) is 36.3 Å². The molecular weight excluding hydrogens is 446 g/mol. The second-order valence-electron chi connectivity index (χ2n) is 8.62. The Morgan fingerprint density at radius 2 is 1.79 bits per heavy atom. The number of amidine groups is 1. The van der Waals surface area contributed by atoms with Crippen LogP contribution in [0.1, 0.15) is 47.1 Å². The van der Waals surface area contributed by atoms with Crippen LogP contribution in [0.4, 0.5) is 5.69 Å². The molecule has 2 aromatic carbocycles. The van der Waals surface area contributed by atoms with Crippen molar-refractivity contribution in [1.29, 1.82) is 0 Å². The number of ether oxygens (including phenoxy) is 2. The highest BCUT2D eigenvalue weighted by molar-refractivity contribution is 7.13. The van der Waals surface area contributed by atoms with E-state index >= 15 is 0 Å². The summed E-state index contributed by atoms with van der Waals surface area (Å²) in [6.45, 7) is 9.94. The smallest absolute Gasteiger partial charge is 0.239 e. The van der Waals surface area contributed by atoms with Gasteiger partial charge in [0.25, 0.3) is 0 Å². The number of hydrogen-bond donors (Lipinski definition) is 0. The van der Waals surface area contributed by atoms with Crippen molar-refractivity contribution >= 4 is 28.6 Å². The quantitative estimate of drug-likeness (QED) is 0.416. The van der Waals surface area contributed by atoms with Gasteiger partial charge in [-0.15, -0.1) is 16.4 Å². The van der Waals surface area contributed by atoms with Gasteiger partial charge < -0.3 is 14.4 Å². The molecule has 0 aliphatic carbocycles. The maximum Gasteiger partial charge on any atom is 0.239 e. The topological polar surface area (TPSA) is 54.4 Å². The molecule has 0 unspecified atom stereocenters. The van der Waals surface area contributed by atoms with Gasteiger partial charge in [-0.3, -0.25) is 4.79 Å². The normalized spacial score (nSPS) is 18.9. The van der Waals surface area contributed by atoms with Crippen LogP contribution in [0.25, 0.3) is 0 Å². The SMILES string of the molecule is CCOc1cc2c(cc1OCC)[C@]1(C)N(CC2)C(C(=O)c2cccs2)=NN1c1ccc(C)cc1. The molecule has 7 heteroatoms. The average Bonchev–Trinajstić information content (AvgIpc) is 3.47. The molecule has 34 heavy (non-hydrogen) atoms. The molecule has 0 saturated carbocycles. The van der Waals surface area contributed by atoms with Crippen molar-refractivity contribution in [1.82, 2.24) is 4.90 Å². The molecular formula is C27H29N3O3S. The molecule has 0 radical (unpaired) electrons. The van der Waals surface area contributed by atoms with Crippen molar-refractivity contribution < 1.29 is 14.3 Å². The van der Waals surface area contributed by atoms with E-state index in [4.69, 9.17) is 14.6 Å². The fraction of sp³-hybridized carbons (Fsp3) is 0.333. The Morgan fingerprint density at radius 3 is 2.44 bits per heavy atom. The van der Waals surface area contributed by atoms with Gasteiger partial charge in [-0.25, -0.2) is 5.01 Å². The van der Waals surface area contributed by atoms with Crippen LogP contribution in [0.2, 0.25) is 0 Å². The van der Waals surface area contributed by atoms with Crippen LogP contribution < -0.4 is 14.5 Å². The number of ketones is 1. The maximum atomic E-state index is 13.5. The molecule has 2 aliphatic heterocycles. The van der Waals surface area contributed by atoms with Crippen molar-refractivity contribution in [2.24, 2.45) is 5.10 Å². The Balaban J connectivity index is 1.68. The third-order valence-electron chi connectivity index (χ3n) is 6.50. The lowest BCUT2D eigenvalue weighted by molar-refractivity contribution is 0.103. The maximum absolute atomic E-state index is 13.5. The van der Waals surface area contributed by atoms with Crippen molar-refractivity contribution in [3.8, 4) is 11.5 Å². The number of hydrogen-bond acceptors (Lipinski definition) is 7. The van der Waals surface area contributed by atoms with Crippen molar-refractivity contribution in [2.45, 2.75) is 39.8 Å². The highest BCUT2D eigenvalue weighted by atomic mass is 32.1. The number of rotatable bonds is 7. The minimum atomic E-state index is -0.679. The number of aryl methyl sites for hydroxylation is 1. The predicted molar refractivity (Wildman–Crippen MR) is 136 cm³/mol. The van der Waals surface area contributed by atoms with Gasteiger partial charge in [0.15, 0.2) is 17.2 Å². The molecule has 2 aliphatic rings. The van der Waals surface area contributed by atoms with Gasteiger partial charge in [-0.05, 0) is 75.4 Å². The number of nitrogens with zero attached hydrogens (tertiary/aromatic N) is 3. The van der Waals surface area contributed by atoms with Crippen LogP contribution in [0, 0.1) is 6.92 Å². The highest BCUT2D eigenvalue weighted by Gasteiger charge is 2.52. The Kier molecular flexibility index (Phi) is 5.81. The molecule has 5 rings (SSSR count). The van der Waals surface area contributed by atoms with Gasteiger partial charge in [-0.1, -0.05) is 23.8 Å². The van der Waals surface area contributed by atoms with Gasteiger partial charge in [0.1, 0.15) is 0 Å². The van der Waals surface area contributed by atoms with E-state index in [1.54, 1.807) is 0 Å². The van der Waals surface area contributed by atoms with E-state index in [1.807, 2.05) is 36.4 Å². The second-order valence-corrected chi connectivity index (χ2v) is 9.57. The van der Waals surface area contributed by atoms with Gasteiger partial charge in [-0.2, -0.15) is 0 Å². The fourth-order valence-corrected chi connectivity index (χ4v) is 5.51. The summed E-state index contributed by atoms with van der Waals surface area (Å²) in [5, 5.41) is 8.87.